The third kappa shape index (κ3) is 5.61. The number of carbonyl (C=O) groups is 1. The van der Waals surface area contributed by atoms with Crippen LogP contribution in [-0.4, -0.2) is 46.9 Å². The largest absolute Gasteiger partial charge is 0.493 e. The number of methoxy groups -OCH3 is 3. The van der Waals surface area contributed by atoms with Gasteiger partial charge in [0.1, 0.15) is 0 Å². The lowest BCUT2D eigenvalue weighted by molar-refractivity contribution is -0.120. The van der Waals surface area contributed by atoms with Crippen molar-refractivity contribution in [1.29, 1.82) is 0 Å². The van der Waals surface area contributed by atoms with Crippen LogP contribution in [-0.2, 0) is 9.53 Å². The zero-order valence-electron chi connectivity index (χ0n) is 13.1. The second-order valence-electron chi connectivity index (χ2n) is 4.57. The summed E-state index contributed by atoms with van der Waals surface area (Å²) in [5.41, 5.74) is 0.956. The molecule has 0 saturated carbocycles. The number of rotatable bonds is 9. The molecule has 6 heteroatoms. The summed E-state index contributed by atoms with van der Waals surface area (Å²) in [4.78, 5) is 11.8. The lowest BCUT2D eigenvalue weighted by atomic mass is 10.1. The van der Waals surface area contributed by atoms with E-state index in [2.05, 4.69) is 10.6 Å². The summed E-state index contributed by atoms with van der Waals surface area (Å²) < 4.78 is 15.4. The molecule has 1 aromatic rings. The van der Waals surface area contributed by atoms with Crippen molar-refractivity contribution in [2.45, 2.75) is 13.0 Å². The van der Waals surface area contributed by atoms with Gasteiger partial charge in [0, 0.05) is 13.7 Å². The summed E-state index contributed by atoms with van der Waals surface area (Å²) in [6, 6.07) is 5.49. The number of ether oxygens (including phenoxy) is 3. The summed E-state index contributed by atoms with van der Waals surface area (Å²) in [5, 5.41) is 5.93. The van der Waals surface area contributed by atoms with E-state index in [0.29, 0.717) is 24.7 Å². The van der Waals surface area contributed by atoms with Gasteiger partial charge in [0.15, 0.2) is 11.5 Å². The summed E-state index contributed by atoms with van der Waals surface area (Å²) in [7, 11) is 4.81. The van der Waals surface area contributed by atoms with Crippen molar-refractivity contribution in [3.63, 3.8) is 0 Å². The van der Waals surface area contributed by atoms with Crippen LogP contribution in [0.3, 0.4) is 0 Å². The molecule has 21 heavy (non-hydrogen) atoms. The zero-order valence-corrected chi connectivity index (χ0v) is 13.1. The van der Waals surface area contributed by atoms with E-state index in [1.165, 1.54) is 0 Å². The quantitative estimate of drug-likeness (QED) is 0.668. The van der Waals surface area contributed by atoms with Crippen molar-refractivity contribution in [3.05, 3.63) is 23.8 Å². The van der Waals surface area contributed by atoms with Crippen LogP contribution in [0, 0.1) is 0 Å². The molecule has 1 atom stereocenters. The average molecular weight is 296 g/mol. The highest BCUT2D eigenvalue weighted by Crippen LogP contribution is 2.29. The molecule has 1 rings (SSSR count). The number of carbonyl (C=O) groups excluding carboxylic acids is 1. The number of nitrogens with one attached hydrogen (secondary N) is 2. The van der Waals surface area contributed by atoms with Crippen molar-refractivity contribution >= 4 is 5.91 Å². The van der Waals surface area contributed by atoms with E-state index in [9.17, 15) is 4.79 Å². The highest BCUT2D eigenvalue weighted by atomic mass is 16.5. The minimum atomic E-state index is -0.110. The summed E-state index contributed by atoms with van der Waals surface area (Å²) >= 11 is 0. The molecule has 0 radical (unpaired) electrons. The highest BCUT2D eigenvalue weighted by Gasteiger charge is 2.12. The Morgan fingerprint density at radius 2 is 1.90 bits per heavy atom. The molecule has 0 spiro atoms. The third-order valence-electron chi connectivity index (χ3n) is 3.05. The van der Waals surface area contributed by atoms with Crippen LogP contribution < -0.4 is 20.1 Å². The van der Waals surface area contributed by atoms with Gasteiger partial charge in [-0.1, -0.05) is 6.07 Å². The van der Waals surface area contributed by atoms with Crippen molar-refractivity contribution in [2.24, 2.45) is 0 Å². The first-order valence-corrected chi connectivity index (χ1v) is 6.83. The molecule has 2 N–H and O–H groups in total. The van der Waals surface area contributed by atoms with E-state index in [4.69, 9.17) is 14.2 Å². The van der Waals surface area contributed by atoms with E-state index in [-0.39, 0.29) is 18.5 Å². The molecular weight excluding hydrogens is 272 g/mol. The molecule has 0 fully saturated rings. The molecule has 6 nitrogen and oxygen atoms in total. The molecule has 1 unspecified atom stereocenters. The van der Waals surface area contributed by atoms with Crippen LogP contribution in [0.5, 0.6) is 11.5 Å². The predicted octanol–water partition coefficient (Wildman–Crippen LogP) is 1.12. The molecule has 0 aliphatic rings. The lowest BCUT2D eigenvalue weighted by Gasteiger charge is -2.16. The average Bonchev–Trinajstić information content (AvgIpc) is 2.50. The molecule has 0 saturated heterocycles. The number of amides is 1. The Hall–Kier alpha value is -1.79. The molecular formula is C15H24N2O4. The Balaban J connectivity index is 2.54. The van der Waals surface area contributed by atoms with E-state index in [1.807, 2.05) is 25.1 Å². The normalized spacial score (nSPS) is 11.8. The third-order valence-corrected chi connectivity index (χ3v) is 3.05. The van der Waals surface area contributed by atoms with Crippen molar-refractivity contribution < 1.29 is 19.0 Å². The molecule has 0 heterocycles. The van der Waals surface area contributed by atoms with Gasteiger partial charge < -0.3 is 24.8 Å². The first kappa shape index (κ1) is 17.3. The zero-order chi connectivity index (χ0) is 15.7. The number of benzene rings is 1. The molecule has 118 valence electrons. The molecule has 0 bridgehead atoms. The van der Waals surface area contributed by atoms with Gasteiger partial charge in [-0.05, 0) is 24.6 Å². The van der Waals surface area contributed by atoms with Crippen LogP contribution in [0.15, 0.2) is 18.2 Å². The van der Waals surface area contributed by atoms with Gasteiger partial charge in [-0.2, -0.15) is 0 Å². The van der Waals surface area contributed by atoms with Gasteiger partial charge in [-0.3, -0.25) is 4.79 Å². The summed E-state index contributed by atoms with van der Waals surface area (Å²) in [6.07, 6.45) is 0. The predicted molar refractivity (Wildman–Crippen MR) is 80.8 cm³/mol. The van der Waals surface area contributed by atoms with Gasteiger partial charge in [-0.15, -0.1) is 0 Å². The summed E-state index contributed by atoms with van der Waals surface area (Å²) in [6.45, 7) is 3.42. The van der Waals surface area contributed by atoms with Crippen molar-refractivity contribution in [1.82, 2.24) is 10.6 Å². The monoisotopic (exact) mass is 296 g/mol. The number of hydrogen-bond donors (Lipinski definition) is 2. The van der Waals surface area contributed by atoms with Crippen molar-refractivity contribution in [2.75, 3.05) is 41.0 Å². The van der Waals surface area contributed by atoms with E-state index < -0.39 is 0 Å². The maximum atomic E-state index is 11.8. The van der Waals surface area contributed by atoms with Crippen LogP contribution in [0.4, 0.5) is 0 Å². The fourth-order valence-corrected chi connectivity index (χ4v) is 1.87. The van der Waals surface area contributed by atoms with Gasteiger partial charge in [-0.25, -0.2) is 0 Å². The van der Waals surface area contributed by atoms with Crippen LogP contribution in [0.2, 0.25) is 0 Å². The molecule has 0 aliphatic heterocycles. The van der Waals surface area contributed by atoms with Crippen LogP contribution >= 0.6 is 0 Å². The Morgan fingerprint density at radius 1 is 1.19 bits per heavy atom. The maximum Gasteiger partial charge on any atom is 0.234 e. The van der Waals surface area contributed by atoms with Gasteiger partial charge in [0.05, 0.1) is 33.4 Å². The second-order valence-corrected chi connectivity index (χ2v) is 4.57. The topological polar surface area (TPSA) is 68.8 Å². The van der Waals surface area contributed by atoms with Gasteiger partial charge >= 0.3 is 0 Å². The Morgan fingerprint density at radius 3 is 2.52 bits per heavy atom. The fraction of sp³-hybridized carbons (Fsp3) is 0.533. The standard InChI is InChI=1S/C15H24N2O4/c1-11(17-15(18)10-16-7-8-19-2)12-5-6-13(20-3)14(9-12)21-4/h5-6,9,11,16H,7-8,10H2,1-4H3,(H,17,18). The van der Waals surface area contributed by atoms with E-state index in [0.717, 1.165) is 5.56 Å². The fourth-order valence-electron chi connectivity index (χ4n) is 1.87. The Bertz CT molecular complexity index is 451. The Kier molecular flexibility index (Phi) is 7.56. The van der Waals surface area contributed by atoms with Crippen LogP contribution in [0.25, 0.3) is 0 Å². The first-order valence-electron chi connectivity index (χ1n) is 6.83. The number of hydrogen-bond acceptors (Lipinski definition) is 5. The molecule has 0 aromatic heterocycles. The van der Waals surface area contributed by atoms with E-state index >= 15 is 0 Å². The smallest absolute Gasteiger partial charge is 0.234 e. The molecule has 1 aromatic carbocycles. The minimum absolute atomic E-state index is 0.0617. The highest BCUT2D eigenvalue weighted by molar-refractivity contribution is 5.78. The van der Waals surface area contributed by atoms with Gasteiger partial charge in [0.25, 0.3) is 0 Å². The second kappa shape index (κ2) is 9.20. The summed E-state index contributed by atoms with van der Waals surface area (Å²) in [5.74, 6) is 1.25. The SMILES string of the molecule is COCCNCC(=O)NC(C)c1ccc(OC)c(OC)c1. The molecule has 0 aliphatic carbocycles. The molecule has 1 amide bonds. The van der Waals surface area contributed by atoms with Gasteiger partial charge in [0.2, 0.25) is 5.91 Å². The van der Waals surface area contributed by atoms with Crippen molar-refractivity contribution in [3.8, 4) is 11.5 Å². The lowest BCUT2D eigenvalue weighted by Crippen LogP contribution is -2.36. The van der Waals surface area contributed by atoms with E-state index in [1.54, 1.807) is 21.3 Å². The van der Waals surface area contributed by atoms with Crippen LogP contribution in [0.1, 0.15) is 18.5 Å². The minimum Gasteiger partial charge on any atom is -0.493 e. The first-order chi connectivity index (χ1) is 10.1. The Labute approximate surface area is 125 Å². The maximum absolute atomic E-state index is 11.8.